The Morgan fingerprint density at radius 2 is 1.97 bits per heavy atom. The molecule has 1 aromatic carbocycles. The number of allylic oxidation sites excluding steroid dienone is 1. The van der Waals surface area contributed by atoms with Crippen molar-refractivity contribution in [2.24, 2.45) is 10.9 Å². The van der Waals surface area contributed by atoms with Crippen LogP contribution in [0.3, 0.4) is 0 Å². The van der Waals surface area contributed by atoms with Crippen molar-refractivity contribution in [1.82, 2.24) is 4.57 Å². The lowest BCUT2D eigenvalue weighted by molar-refractivity contribution is -0.140. The highest BCUT2D eigenvalue weighted by Gasteiger charge is 2.33. The molecule has 0 bridgehead atoms. The monoisotopic (exact) mass is 524 g/mol. The fourth-order valence-electron chi connectivity index (χ4n) is 4.01. The van der Waals surface area contributed by atoms with Crippen molar-refractivity contribution in [2.75, 3.05) is 13.2 Å². The second-order valence-electron chi connectivity index (χ2n) is 9.21. The van der Waals surface area contributed by atoms with Gasteiger partial charge in [0.15, 0.2) is 4.80 Å². The van der Waals surface area contributed by atoms with Gasteiger partial charge >= 0.3 is 5.97 Å². The number of hydrogen-bond donors (Lipinski definition) is 0. The summed E-state index contributed by atoms with van der Waals surface area (Å²) in [5.74, 6) is 0.524. The highest BCUT2D eigenvalue weighted by atomic mass is 32.1. The summed E-state index contributed by atoms with van der Waals surface area (Å²) in [7, 11) is 0. The van der Waals surface area contributed by atoms with Crippen molar-refractivity contribution in [2.45, 2.75) is 53.0 Å². The number of unbranched alkanes of at least 4 members (excludes halogenated alkanes) is 2. The minimum Gasteiger partial charge on any atom is -0.494 e. The van der Waals surface area contributed by atoms with Crippen molar-refractivity contribution >= 4 is 34.7 Å². The zero-order valence-corrected chi connectivity index (χ0v) is 22.8. The highest BCUT2D eigenvalue weighted by Crippen LogP contribution is 2.32. The van der Waals surface area contributed by atoms with Gasteiger partial charge in [0, 0.05) is 4.88 Å². The van der Waals surface area contributed by atoms with Gasteiger partial charge in [0.2, 0.25) is 0 Å². The van der Waals surface area contributed by atoms with Crippen molar-refractivity contribution in [3.63, 3.8) is 0 Å². The number of hydrogen-bond acceptors (Lipinski definition) is 7. The minimum absolute atomic E-state index is 0.168. The molecule has 0 saturated carbocycles. The molecule has 1 unspecified atom stereocenters. The summed E-state index contributed by atoms with van der Waals surface area (Å²) < 4.78 is 13.7. The first-order valence-corrected chi connectivity index (χ1v) is 14.0. The molecule has 0 spiro atoms. The molecule has 190 valence electrons. The molecule has 1 aliphatic rings. The second kappa shape index (κ2) is 11.8. The van der Waals surface area contributed by atoms with Crippen molar-refractivity contribution in [1.29, 1.82) is 0 Å². The number of rotatable bonds is 10. The van der Waals surface area contributed by atoms with Gasteiger partial charge in [-0.05, 0) is 54.5 Å². The third kappa shape index (κ3) is 5.87. The molecule has 36 heavy (non-hydrogen) atoms. The van der Waals surface area contributed by atoms with E-state index in [2.05, 4.69) is 11.9 Å². The number of aromatic nitrogens is 1. The summed E-state index contributed by atoms with van der Waals surface area (Å²) in [6.45, 7) is 8.91. The van der Waals surface area contributed by atoms with E-state index >= 15 is 0 Å². The minimum atomic E-state index is -0.625. The Kier molecular flexibility index (Phi) is 8.59. The van der Waals surface area contributed by atoms with E-state index < -0.39 is 12.0 Å². The van der Waals surface area contributed by atoms with Crippen LogP contribution in [-0.2, 0) is 9.53 Å². The van der Waals surface area contributed by atoms with Crippen LogP contribution in [0.4, 0.5) is 0 Å². The number of thiazole rings is 1. The van der Waals surface area contributed by atoms with Gasteiger partial charge in [-0.1, -0.05) is 63.1 Å². The number of ether oxygens (including phenoxy) is 2. The normalized spacial score (nSPS) is 15.7. The van der Waals surface area contributed by atoms with Gasteiger partial charge < -0.3 is 9.47 Å². The maximum Gasteiger partial charge on any atom is 0.338 e. The van der Waals surface area contributed by atoms with E-state index in [1.807, 2.05) is 61.7 Å². The van der Waals surface area contributed by atoms with Gasteiger partial charge in [0.1, 0.15) is 5.75 Å². The average molecular weight is 525 g/mol. The maximum absolute atomic E-state index is 13.6. The first-order chi connectivity index (χ1) is 17.4. The standard InChI is InChI=1S/C28H32N2O4S2/c1-5-6-7-14-33-21-12-10-20(11-13-21)25-24(27(32)34-17-18(2)3)19(4)29-28-30(25)26(31)23(36-28)16-22-9-8-15-35-22/h8-13,15-16,18,25H,5-7,14,17H2,1-4H3. The Bertz CT molecular complexity index is 1400. The Morgan fingerprint density at radius 3 is 2.64 bits per heavy atom. The molecule has 0 aliphatic carbocycles. The molecule has 0 fully saturated rings. The van der Waals surface area contributed by atoms with E-state index in [1.54, 1.807) is 22.8 Å². The lowest BCUT2D eigenvalue weighted by Crippen LogP contribution is -2.40. The Labute approximate surface area is 219 Å². The van der Waals surface area contributed by atoms with Crippen LogP contribution < -0.4 is 19.6 Å². The summed E-state index contributed by atoms with van der Waals surface area (Å²) in [5, 5.41) is 1.98. The highest BCUT2D eigenvalue weighted by molar-refractivity contribution is 7.11. The van der Waals surface area contributed by atoms with E-state index in [-0.39, 0.29) is 11.5 Å². The summed E-state index contributed by atoms with van der Waals surface area (Å²) in [4.78, 5) is 33.1. The zero-order valence-electron chi connectivity index (χ0n) is 21.2. The topological polar surface area (TPSA) is 69.9 Å². The van der Waals surface area contributed by atoms with Crippen LogP contribution in [0.1, 0.15) is 63.4 Å². The molecule has 6 nitrogen and oxygen atoms in total. The molecule has 8 heteroatoms. The quantitative estimate of drug-likeness (QED) is 0.274. The molecule has 1 aliphatic heterocycles. The molecule has 0 radical (unpaired) electrons. The van der Waals surface area contributed by atoms with Gasteiger partial charge in [0.25, 0.3) is 5.56 Å². The third-order valence-corrected chi connectivity index (χ3v) is 7.62. The number of carbonyl (C=O) groups excluding carboxylic acids is 1. The van der Waals surface area contributed by atoms with Crippen molar-refractivity contribution in [3.05, 3.63) is 83.2 Å². The molecular formula is C28H32N2O4S2. The summed E-state index contributed by atoms with van der Waals surface area (Å²) >= 11 is 2.91. The molecule has 3 aromatic rings. The van der Waals surface area contributed by atoms with Crippen LogP contribution in [0.2, 0.25) is 0 Å². The molecule has 1 atom stereocenters. The molecule has 2 aromatic heterocycles. The smallest absolute Gasteiger partial charge is 0.338 e. The van der Waals surface area contributed by atoms with Crippen LogP contribution in [0.25, 0.3) is 6.08 Å². The first-order valence-electron chi connectivity index (χ1n) is 12.3. The Hall–Kier alpha value is -2.97. The predicted octanol–water partition coefficient (Wildman–Crippen LogP) is 5.06. The van der Waals surface area contributed by atoms with Crippen LogP contribution in [0, 0.1) is 5.92 Å². The van der Waals surface area contributed by atoms with E-state index in [1.165, 1.54) is 11.3 Å². The second-order valence-corrected chi connectivity index (χ2v) is 11.2. The van der Waals surface area contributed by atoms with Crippen molar-refractivity contribution in [3.8, 4) is 5.75 Å². The molecule has 3 heterocycles. The lowest BCUT2D eigenvalue weighted by Gasteiger charge is -2.25. The largest absolute Gasteiger partial charge is 0.494 e. The SMILES string of the molecule is CCCCCOc1ccc(C2C(C(=O)OCC(C)C)=C(C)N=c3sc(=Cc4cccs4)c(=O)n32)cc1. The number of esters is 1. The van der Waals surface area contributed by atoms with Crippen LogP contribution in [0.5, 0.6) is 5.75 Å². The van der Waals surface area contributed by atoms with Gasteiger partial charge in [-0.2, -0.15) is 0 Å². The number of fused-ring (bicyclic) bond motifs is 1. The Morgan fingerprint density at radius 1 is 1.19 bits per heavy atom. The molecule has 0 saturated heterocycles. The molecule has 0 N–H and O–H groups in total. The number of nitrogens with zero attached hydrogens (tertiary/aromatic N) is 2. The molecule has 4 rings (SSSR count). The lowest BCUT2D eigenvalue weighted by atomic mass is 9.96. The first kappa shape index (κ1) is 26.1. The van der Waals surface area contributed by atoms with E-state index in [9.17, 15) is 9.59 Å². The van der Waals surface area contributed by atoms with Crippen LogP contribution >= 0.6 is 22.7 Å². The Balaban J connectivity index is 1.76. The summed E-state index contributed by atoms with van der Waals surface area (Å²) in [6.07, 6.45) is 5.16. The number of carbonyl (C=O) groups is 1. The molecular weight excluding hydrogens is 492 g/mol. The van der Waals surface area contributed by atoms with Crippen LogP contribution in [-0.4, -0.2) is 23.8 Å². The molecule has 0 amide bonds. The average Bonchev–Trinajstić information content (AvgIpc) is 3.48. The van der Waals surface area contributed by atoms with Gasteiger partial charge in [-0.25, -0.2) is 9.79 Å². The number of benzene rings is 1. The van der Waals surface area contributed by atoms with Gasteiger partial charge in [0.05, 0.1) is 35.1 Å². The van der Waals surface area contributed by atoms with Crippen LogP contribution in [0.15, 0.2) is 62.8 Å². The summed E-state index contributed by atoms with van der Waals surface area (Å²) in [6, 6.07) is 10.9. The predicted molar refractivity (Wildman–Crippen MR) is 145 cm³/mol. The third-order valence-electron chi connectivity index (χ3n) is 5.82. The maximum atomic E-state index is 13.6. The zero-order chi connectivity index (χ0) is 25.7. The van der Waals surface area contributed by atoms with E-state index in [0.29, 0.717) is 33.8 Å². The fourth-order valence-corrected chi connectivity index (χ4v) is 5.78. The summed E-state index contributed by atoms with van der Waals surface area (Å²) in [5.41, 5.74) is 1.60. The number of thiophene rings is 1. The van der Waals surface area contributed by atoms with E-state index in [4.69, 9.17) is 9.47 Å². The van der Waals surface area contributed by atoms with Crippen molar-refractivity contribution < 1.29 is 14.3 Å². The fraction of sp³-hybridized carbons (Fsp3) is 0.393. The van der Waals surface area contributed by atoms with E-state index in [0.717, 1.165) is 35.5 Å². The van der Waals surface area contributed by atoms with Gasteiger partial charge in [-0.15, -0.1) is 11.3 Å². The van der Waals surface area contributed by atoms with Gasteiger partial charge in [-0.3, -0.25) is 9.36 Å².